The van der Waals surface area contributed by atoms with Gasteiger partial charge in [0.05, 0.1) is 18.7 Å². The van der Waals surface area contributed by atoms with Crippen LogP contribution in [-0.2, 0) is 0 Å². The third-order valence-electron chi connectivity index (χ3n) is 4.69. The molecule has 6 nitrogen and oxygen atoms in total. The van der Waals surface area contributed by atoms with Crippen LogP contribution in [0.15, 0.2) is 67.0 Å². The molecule has 1 aliphatic heterocycles. The van der Waals surface area contributed by atoms with E-state index in [-0.39, 0.29) is 11.9 Å². The highest BCUT2D eigenvalue weighted by Crippen LogP contribution is 2.35. The summed E-state index contributed by atoms with van der Waals surface area (Å²) in [5.41, 5.74) is 2.47. The number of hydrogen-bond donors (Lipinski definition) is 1. The largest absolute Gasteiger partial charge is 0.497 e. The standard InChI is InChI=1S/C21H20N4O2/c1-27-18-9-5-6-15(12-18)19-10-11-25(19)20(26)16-13-22-21(23-14-16)24-17-7-3-2-4-8-17/h2-9,12-14,19H,10-11H2,1H3,(H,22,23,24)/t19-/m1/s1. The Morgan fingerprint density at radius 1 is 1.11 bits per heavy atom. The van der Waals surface area contributed by atoms with Crippen LogP contribution in [-0.4, -0.2) is 34.4 Å². The molecule has 0 radical (unpaired) electrons. The molecule has 1 atom stereocenters. The van der Waals surface area contributed by atoms with Gasteiger partial charge < -0.3 is 15.0 Å². The van der Waals surface area contributed by atoms with Crippen molar-refractivity contribution in [2.45, 2.75) is 12.5 Å². The Kier molecular flexibility index (Phi) is 4.70. The number of carbonyl (C=O) groups excluding carboxylic acids is 1. The van der Waals surface area contributed by atoms with Gasteiger partial charge in [0.25, 0.3) is 5.91 Å². The molecule has 27 heavy (non-hydrogen) atoms. The average molecular weight is 360 g/mol. The minimum atomic E-state index is -0.0552. The first kappa shape index (κ1) is 17.0. The van der Waals surface area contributed by atoms with E-state index >= 15 is 0 Å². The van der Waals surface area contributed by atoms with Gasteiger partial charge in [-0.05, 0) is 36.2 Å². The molecule has 136 valence electrons. The minimum Gasteiger partial charge on any atom is -0.497 e. The molecule has 6 heteroatoms. The summed E-state index contributed by atoms with van der Waals surface area (Å²) in [6.45, 7) is 0.727. The Morgan fingerprint density at radius 3 is 2.56 bits per heavy atom. The Bertz CT molecular complexity index is 928. The van der Waals surface area contributed by atoms with Crippen LogP contribution in [0.2, 0.25) is 0 Å². The number of benzene rings is 2. The lowest BCUT2D eigenvalue weighted by Gasteiger charge is -2.41. The molecule has 1 N–H and O–H groups in total. The number of likely N-dealkylation sites (tertiary alicyclic amines) is 1. The molecule has 0 saturated carbocycles. The second kappa shape index (κ2) is 7.45. The zero-order valence-electron chi connectivity index (χ0n) is 15.0. The Labute approximate surface area is 157 Å². The van der Waals surface area contributed by atoms with E-state index in [2.05, 4.69) is 15.3 Å². The molecule has 4 rings (SSSR count). The van der Waals surface area contributed by atoms with Crippen molar-refractivity contribution < 1.29 is 9.53 Å². The number of aromatic nitrogens is 2. The summed E-state index contributed by atoms with van der Waals surface area (Å²) < 4.78 is 5.29. The molecule has 0 spiro atoms. The third kappa shape index (κ3) is 3.60. The maximum Gasteiger partial charge on any atom is 0.257 e. The first-order chi connectivity index (χ1) is 13.2. The average Bonchev–Trinajstić information content (AvgIpc) is 2.68. The van der Waals surface area contributed by atoms with Crippen LogP contribution < -0.4 is 10.1 Å². The van der Waals surface area contributed by atoms with E-state index in [4.69, 9.17) is 4.74 Å². The zero-order chi connectivity index (χ0) is 18.6. The van der Waals surface area contributed by atoms with Crippen LogP contribution >= 0.6 is 0 Å². The lowest BCUT2D eigenvalue weighted by molar-refractivity contribution is 0.0459. The van der Waals surface area contributed by atoms with Gasteiger partial charge in [0, 0.05) is 24.6 Å². The molecule has 1 saturated heterocycles. The van der Waals surface area contributed by atoms with E-state index in [1.165, 1.54) is 0 Å². The fraction of sp³-hybridized carbons (Fsp3) is 0.190. The van der Waals surface area contributed by atoms with Gasteiger partial charge in [-0.1, -0.05) is 30.3 Å². The van der Waals surface area contributed by atoms with Crippen LogP contribution in [0.1, 0.15) is 28.4 Å². The van der Waals surface area contributed by atoms with Gasteiger partial charge in [-0.3, -0.25) is 4.79 Å². The molecule has 2 aromatic carbocycles. The number of hydrogen-bond acceptors (Lipinski definition) is 5. The van der Waals surface area contributed by atoms with Gasteiger partial charge in [0.2, 0.25) is 5.95 Å². The van der Waals surface area contributed by atoms with Gasteiger partial charge in [-0.2, -0.15) is 0 Å². The zero-order valence-corrected chi connectivity index (χ0v) is 15.0. The SMILES string of the molecule is COc1cccc([C@H]2CCN2C(=O)c2cnc(Nc3ccccc3)nc2)c1. The van der Waals surface area contributed by atoms with E-state index in [0.29, 0.717) is 11.5 Å². The maximum atomic E-state index is 12.8. The van der Waals surface area contributed by atoms with Crippen LogP contribution in [0.3, 0.4) is 0 Å². The van der Waals surface area contributed by atoms with E-state index in [1.807, 2.05) is 59.5 Å². The Hall–Kier alpha value is -3.41. The van der Waals surface area contributed by atoms with Crippen LogP contribution in [0.4, 0.5) is 11.6 Å². The van der Waals surface area contributed by atoms with Crippen molar-refractivity contribution in [3.63, 3.8) is 0 Å². The van der Waals surface area contributed by atoms with Crippen molar-refractivity contribution in [3.05, 3.63) is 78.1 Å². The quantitative estimate of drug-likeness (QED) is 0.749. The number of nitrogens with zero attached hydrogens (tertiary/aromatic N) is 3. The molecular formula is C21H20N4O2. The normalized spacial score (nSPS) is 15.7. The van der Waals surface area contributed by atoms with Crippen molar-refractivity contribution in [1.29, 1.82) is 0 Å². The number of amides is 1. The summed E-state index contributed by atoms with van der Waals surface area (Å²) in [6.07, 6.45) is 4.08. The van der Waals surface area contributed by atoms with Crippen molar-refractivity contribution in [2.75, 3.05) is 19.0 Å². The second-order valence-electron chi connectivity index (χ2n) is 6.37. The van der Waals surface area contributed by atoms with Crippen LogP contribution in [0.5, 0.6) is 5.75 Å². The number of carbonyl (C=O) groups is 1. The highest BCUT2D eigenvalue weighted by atomic mass is 16.5. The molecular weight excluding hydrogens is 340 g/mol. The van der Waals surface area contributed by atoms with Gasteiger partial charge in [0.15, 0.2) is 0 Å². The predicted octanol–water partition coefficient (Wildman–Crippen LogP) is 3.82. The van der Waals surface area contributed by atoms with E-state index in [1.54, 1.807) is 19.5 Å². The summed E-state index contributed by atoms with van der Waals surface area (Å²) in [6, 6.07) is 17.6. The first-order valence-electron chi connectivity index (χ1n) is 8.83. The van der Waals surface area contributed by atoms with E-state index in [0.717, 1.165) is 30.0 Å². The van der Waals surface area contributed by atoms with Crippen LogP contribution in [0.25, 0.3) is 0 Å². The number of ether oxygens (including phenoxy) is 1. The topological polar surface area (TPSA) is 67.3 Å². The molecule has 0 aliphatic carbocycles. The summed E-state index contributed by atoms with van der Waals surface area (Å²) in [5.74, 6) is 1.21. The molecule has 1 amide bonds. The fourth-order valence-corrected chi connectivity index (χ4v) is 3.15. The summed E-state index contributed by atoms with van der Waals surface area (Å²) in [4.78, 5) is 23.2. The third-order valence-corrected chi connectivity index (χ3v) is 4.69. The molecule has 0 bridgehead atoms. The molecule has 2 heterocycles. The monoisotopic (exact) mass is 360 g/mol. The van der Waals surface area contributed by atoms with E-state index < -0.39 is 0 Å². The molecule has 1 fully saturated rings. The first-order valence-corrected chi connectivity index (χ1v) is 8.83. The maximum absolute atomic E-state index is 12.8. The van der Waals surface area contributed by atoms with Gasteiger partial charge in [-0.25, -0.2) is 9.97 Å². The predicted molar refractivity (Wildman–Crippen MR) is 103 cm³/mol. The van der Waals surface area contributed by atoms with Crippen molar-refractivity contribution in [2.24, 2.45) is 0 Å². The molecule has 1 aromatic heterocycles. The van der Waals surface area contributed by atoms with Crippen molar-refractivity contribution in [3.8, 4) is 5.75 Å². The van der Waals surface area contributed by atoms with E-state index in [9.17, 15) is 4.79 Å². The van der Waals surface area contributed by atoms with Gasteiger partial charge in [-0.15, -0.1) is 0 Å². The highest BCUT2D eigenvalue weighted by Gasteiger charge is 2.34. The highest BCUT2D eigenvalue weighted by molar-refractivity contribution is 5.94. The number of anilines is 2. The minimum absolute atomic E-state index is 0.0552. The summed E-state index contributed by atoms with van der Waals surface area (Å²) in [7, 11) is 1.64. The van der Waals surface area contributed by atoms with Crippen molar-refractivity contribution in [1.82, 2.24) is 14.9 Å². The number of rotatable bonds is 5. The summed E-state index contributed by atoms with van der Waals surface area (Å²) >= 11 is 0. The summed E-state index contributed by atoms with van der Waals surface area (Å²) in [5, 5.41) is 3.11. The van der Waals surface area contributed by atoms with Gasteiger partial charge in [0.1, 0.15) is 5.75 Å². The van der Waals surface area contributed by atoms with Crippen LogP contribution in [0, 0.1) is 0 Å². The lowest BCUT2D eigenvalue weighted by Crippen LogP contribution is -2.45. The Morgan fingerprint density at radius 2 is 1.89 bits per heavy atom. The van der Waals surface area contributed by atoms with Crippen molar-refractivity contribution >= 4 is 17.5 Å². The molecule has 3 aromatic rings. The molecule has 1 aliphatic rings. The van der Waals surface area contributed by atoms with Gasteiger partial charge >= 0.3 is 0 Å². The smallest absolute Gasteiger partial charge is 0.257 e. The number of para-hydroxylation sites is 1. The molecule has 0 unspecified atom stereocenters. The fourth-order valence-electron chi connectivity index (χ4n) is 3.15. The second-order valence-corrected chi connectivity index (χ2v) is 6.37. The lowest BCUT2D eigenvalue weighted by atomic mass is 9.94. The Balaban J connectivity index is 1.46. The number of methoxy groups -OCH3 is 1. The number of nitrogens with one attached hydrogen (secondary N) is 1.